The fraction of sp³-hybridized carbons (Fsp3) is 0.529. The number of carbonyl (C=O) groups excluding carboxylic acids is 2. The van der Waals surface area contributed by atoms with Crippen molar-refractivity contribution in [2.45, 2.75) is 31.7 Å². The molecule has 144 valence electrons. The molecule has 1 aromatic carbocycles. The molecule has 0 aliphatic carbocycles. The predicted molar refractivity (Wildman–Crippen MR) is 98.5 cm³/mol. The third-order valence-electron chi connectivity index (χ3n) is 4.31. The molecule has 0 aromatic heterocycles. The van der Waals surface area contributed by atoms with Gasteiger partial charge >= 0.3 is 0 Å². The van der Waals surface area contributed by atoms with Crippen molar-refractivity contribution >= 4 is 22.0 Å². The van der Waals surface area contributed by atoms with Crippen molar-refractivity contribution in [3.05, 3.63) is 35.9 Å². The summed E-state index contributed by atoms with van der Waals surface area (Å²) in [6.45, 7) is 1.32. The average molecular weight is 382 g/mol. The second-order valence-electron chi connectivity index (χ2n) is 6.24. The summed E-state index contributed by atoms with van der Waals surface area (Å²) in [5, 5.41) is 2.76. The Morgan fingerprint density at radius 1 is 1.15 bits per heavy atom. The van der Waals surface area contributed by atoms with E-state index in [9.17, 15) is 18.0 Å². The van der Waals surface area contributed by atoms with Crippen LogP contribution >= 0.6 is 0 Å². The Kier molecular flexibility index (Phi) is 7.55. The highest BCUT2D eigenvalue weighted by atomic mass is 32.2. The van der Waals surface area contributed by atoms with E-state index in [0.717, 1.165) is 5.56 Å². The van der Waals surface area contributed by atoms with Crippen LogP contribution in [0.4, 0.5) is 0 Å². The molecule has 1 aliphatic heterocycles. The first kappa shape index (κ1) is 20.3. The Bertz CT molecular complexity index is 701. The van der Waals surface area contributed by atoms with Crippen molar-refractivity contribution in [3.8, 4) is 0 Å². The number of amides is 2. The van der Waals surface area contributed by atoms with Crippen molar-refractivity contribution in [2.75, 3.05) is 26.7 Å². The summed E-state index contributed by atoms with van der Waals surface area (Å²) in [4.78, 5) is 25.8. The largest absolute Gasteiger partial charge is 0.355 e. The fourth-order valence-corrected chi connectivity index (χ4v) is 3.63. The van der Waals surface area contributed by atoms with E-state index in [1.807, 2.05) is 30.3 Å². The smallest absolute Gasteiger partial charge is 0.276 e. The topological polar surface area (TPSA) is 108 Å². The van der Waals surface area contributed by atoms with Crippen molar-refractivity contribution in [3.63, 3.8) is 0 Å². The van der Waals surface area contributed by atoms with Gasteiger partial charge in [0.2, 0.25) is 11.8 Å². The zero-order valence-electron chi connectivity index (χ0n) is 14.9. The standard InChI is InChI=1S/C17H26N4O4S/c1-18-26(24,25)20-15-8-11-21(12-9-15)17(23)7-10-19-16(22)13-14-5-3-2-4-6-14/h2-6,15,18,20H,7-13H2,1H3,(H,19,22). The van der Waals surface area contributed by atoms with Gasteiger partial charge in [0, 0.05) is 39.1 Å². The number of nitrogens with zero attached hydrogens (tertiary/aromatic N) is 1. The highest BCUT2D eigenvalue weighted by Crippen LogP contribution is 2.12. The average Bonchev–Trinajstić information content (AvgIpc) is 2.63. The maximum absolute atomic E-state index is 12.2. The first-order valence-electron chi connectivity index (χ1n) is 8.69. The molecule has 0 radical (unpaired) electrons. The van der Waals surface area contributed by atoms with E-state index < -0.39 is 10.2 Å². The van der Waals surface area contributed by atoms with Crippen LogP contribution in [0.15, 0.2) is 30.3 Å². The number of hydrogen-bond acceptors (Lipinski definition) is 4. The molecule has 1 saturated heterocycles. The van der Waals surface area contributed by atoms with Gasteiger partial charge in [0.05, 0.1) is 6.42 Å². The van der Waals surface area contributed by atoms with E-state index >= 15 is 0 Å². The van der Waals surface area contributed by atoms with E-state index in [0.29, 0.717) is 38.9 Å². The van der Waals surface area contributed by atoms with Gasteiger partial charge in [-0.05, 0) is 18.4 Å². The minimum Gasteiger partial charge on any atom is -0.355 e. The Morgan fingerprint density at radius 3 is 2.42 bits per heavy atom. The summed E-state index contributed by atoms with van der Waals surface area (Å²) in [7, 11) is -2.10. The second kappa shape index (κ2) is 9.65. The minimum atomic E-state index is -3.46. The summed E-state index contributed by atoms with van der Waals surface area (Å²) < 4.78 is 27.7. The summed E-state index contributed by atoms with van der Waals surface area (Å²) >= 11 is 0. The SMILES string of the molecule is CNS(=O)(=O)NC1CCN(C(=O)CCNC(=O)Cc2ccccc2)CC1. The fourth-order valence-electron chi connectivity index (χ4n) is 2.84. The monoisotopic (exact) mass is 382 g/mol. The third-order valence-corrected chi connectivity index (χ3v) is 5.49. The molecule has 1 fully saturated rings. The van der Waals surface area contributed by atoms with Crippen molar-refractivity contribution < 1.29 is 18.0 Å². The number of nitrogens with one attached hydrogen (secondary N) is 3. The lowest BCUT2D eigenvalue weighted by molar-refractivity contribution is -0.132. The van der Waals surface area contributed by atoms with Crippen LogP contribution in [-0.2, 0) is 26.2 Å². The van der Waals surface area contributed by atoms with Gasteiger partial charge in [0.15, 0.2) is 0 Å². The third kappa shape index (κ3) is 6.74. The zero-order chi connectivity index (χ0) is 19.0. The molecule has 0 saturated carbocycles. The predicted octanol–water partition coefficient (Wildman–Crippen LogP) is -0.220. The number of piperidine rings is 1. The van der Waals surface area contributed by atoms with Crippen LogP contribution in [0.5, 0.6) is 0 Å². The first-order valence-corrected chi connectivity index (χ1v) is 10.2. The Morgan fingerprint density at radius 2 is 1.81 bits per heavy atom. The van der Waals surface area contributed by atoms with Gasteiger partial charge in [0.1, 0.15) is 0 Å². The van der Waals surface area contributed by atoms with Crippen LogP contribution in [0.3, 0.4) is 0 Å². The van der Waals surface area contributed by atoms with Crippen molar-refractivity contribution in [2.24, 2.45) is 0 Å². The molecular weight excluding hydrogens is 356 g/mol. The molecule has 1 aromatic rings. The number of likely N-dealkylation sites (tertiary alicyclic amines) is 1. The van der Waals surface area contributed by atoms with Crippen LogP contribution in [0.2, 0.25) is 0 Å². The molecule has 2 rings (SSSR count). The van der Waals surface area contributed by atoms with E-state index in [2.05, 4.69) is 14.8 Å². The summed E-state index contributed by atoms with van der Waals surface area (Å²) in [5.74, 6) is -0.135. The van der Waals surface area contributed by atoms with E-state index in [1.165, 1.54) is 7.05 Å². The maximum Gasteiger partial charge on any atom is 0.276 e. The van der Waals surface area contributed by atoms with E-state index in [4.69, 9.17) is 0 Å². The van der Waals surface area contributed by atoms with E-state index in [1.54, 1.807) is 4.90 Å². The summed E-state index contributed by atoms with van der Waals surface area (Å²) in [5.41, 5.74) is 0.933. The molecule has 26 heavy (non-hydrogen) atoms. The van der Waals surface area contributed by atoms with Crippen molar-refractivity contribution in [1.82, 2.24) is 19.7 Å². The molecule has 0 bridgehead atoms. The van der Waals surface area contributed by atoms with Crippen LogP contribution in [0, 0.1) is 0 Å². The van der Waals surface area contributed by atoms with Gasteiger partial charge in [-0.3, -0.25) is 9.59 Å². The van der Waals surface area contributed by atoms with Gasteiger partial charge in [-0.2, -0.15) is 13.1 Å². The van der Waals surface area contributed by atoms with Crippen LogP contribution < -0.4 is 14.8 Å². The van der Waals surface area contributed by atoms with Gasteiger partial charge in [0.25, 0.3) is 10.2 Å². The molecule has 0 unspecified atom stereocenters. The van der Waals surface area contributed by atoms with Gasteiger partial charge in [-0.1, -0.05) is 30.3 Å². The molecule has 2 amide bonds. The van der Waals surface area contributed by atoms with Crippen molar-refractivity contribution in [1.29, 1.82) is 0 Å². The Hall–Kier alpha value is -1.97. The van der Waals surface area contributed by atoms with E-state index in [-0.39, 0.29) is 24.3 Å². The van der Waals surface area contributed by atoms with Crippen LogP contribution in [0.25, 0.3) is 0 Å². The first-order chi connectivity index (χ1) is 12.4. The molecule has 8 nitrogen and oxygen atoms in total. The lowest BCUT2D eigenvalue weighted by Crippen LogP contribution is -2.49. The molecule has 1 aliphatic rings. The van der Waals surface area contributed by atoms with Crippen LogP contribution in [-0.4, -0.2) is 57.9 Å². The molecule has 3 N–H and O–H groups in total. The summed E-state index contributed by atoms with van der Waals surface area (Å²) in [6, 6.07) is 9.27. The minimum absolute atomic E-state index is 0.0278. The Labute approximate surface area is 154 Å². The number of rotatable bonds is 8. The maximum atomic E-state index is 12.2. The normalized spacial score (nSPS) is 15.7. The number of hydrogen-bond donors (Lipinski definition) is 3. The quantitative estimate of drug-likeness (QED) is 0.578. The summed E-state index contributed by atoms with van der Waals surface area (Å²) in [6.07, 6.45) is 1.69. The molecule has 0 atom stereocenters. The second-order valence-corrected chi connectivity index (χ2v) is 7.89. The molecular formula is C17H26N4O4S. The number of carbonyl (C=O) groups is 2. The van der Waals surface area contributed by atoms with Crippen LogP contribution in [0.1, 0.15) is 24.8 Å². The lowest BCUT2D eigenvalue weighted by atomic mass is 10.1. The number of benzene rings is 1. The van der Waals surface area contributed by atoms with Gasteiger partial charge < -0.3 is 10.2 Å². The molecule has 0 spiro atoms. The highest BCUT2D eigenvalue weighted by molar-refractivity contribution is 7.87. The molecule has 1 heterocycles. The lowest BCUT2D eigenvalue weighted by Gasteiger charge is -2.32. The zero-order valence-corrected chi connectivity index (χ0v) is 15.7. The molecule has 9 heteroatoms. The van der Waals surface area contributed by atoms with Gasteiger partial charge in [-0.25, -0.2) is 4.72 Å². The highest BCUT2D eigenvalue weighted by Gasteiger charge is 2.25. The van der Waals surface area contributed by atoms with Gasteiger partial charge in [-0.15, -0.1) is 0 Å². The Balaban J connectivity index is 1.65.